The Kier molecular flexibility index (Phi) is 6.41. The number of hydrogen-bond acceptors (Lipinski definition) is 5. The van der Waals surface area contributed by atoms with Crippen LogP contribution in [0.15, 0.2) is 42.5 Å². The minimum Gasteiger partial charge on any atom is -0.395 e. The van der Waals surface area contributed by atoms with Gasteiger partial charge in [-0.15, -0.1) is 0 Å². The van der Waals surface area contributed by atoms with Crippen molar-refractivity contribution in [3.8, 4) is 5.69 Å². The fourth-order valence-corrected chi connectivity index (χ4v) is 4.14. The minimum atomic E-state index is -0.637. The van der Waals surface area contributed by atoms with E-state index < -0.39 is 11.7 Å². The highest BCUT2D eigenvalue weighted by molar-refractivity contribution is 5.97. The summed E-state index contributed by atoms with van der Waals surface area (Å²) in [5.41, 5.74) is 15.6. The second-order valence-electron chi connectivity index (χ2n) is 8.26. The number of benzene rings is 2. The van der Waals surface area contributed by atoms with Gasteiger partial charge in [0, 0.05) is 18.0 Å². The van der Waals surface area contributed by atoms with Gasteiger partial charge in [0.2, 0.25) is 0 Å². The zero-order chi connectivity index (χ0) is 23.5. The van der Waals surface area contributed by atoms with E-state index in [1.165, 1.54) is 16.8 Å². The van der Waals surface area contributed by atoms with Gasteiger partial charge in [-0.2, -0.15) is 5.10 Å². The van der Waals surface area contributed by atoms with E-state index in [0.29, 0.717) is 28.2 Å². The molecule has 0 unspecified atom stereocenters. The van der Waals surface area contributed by atoms with Gasteiger partial charge >= 0.3 is 0 Å². The first-order chi connectivity index (χ1) is 15.8. The topological polar surface area (TPSA) is 128 Å². The van der Waals surface area contributed by atoms with Crippen LogP contribution in [0.3, 0.4) is 0 Å². The molecule has 0 saturated carbocycles. The average molecular weight is 451 g/mol. The van der Waals surface area contributed by atoms with Crippen LogP contribution in [0.5, 0.6) is 0 Å². The van der Waals surface area contributed by atoms with Crippen LogP contribution in [0, 0.1) is 12.7 Å². The lowest BCUT2D eigenvalue weighted by Crippen LogP contribution is -2.27. The third kappa shape index (κ3) is 4.73. The Labute approximate surface area is 191 Å². The number of amides is 2. The summed E-state index contributed by atoms with van der Waals surface area (Å²) >= 11 is 0. The van der Waals surface area contributed by atoms with Gasteiger partial charge < -0.3 is 22.1 Å². The van der Waals surface area contributed by atoms with Gasteiger partial charge in [0.05, 0.1) is 17.1 Å². The van der Waals surface area contributed by atoms with Crippen molar-refractivity contribution in [3.05, 3.63) is 76.4 Å². The Morgan fingerprint density at radius 3 is 2.55 bits per heavy atom. The van der Waals surface area contributed by atoms with Gasteiger partial charge in [-0.05, 0) is 68.2 Å². The SMILES string of the molecule is Cc1ccc(F)cc1C(=O)NCc1ccc(-n2nc(C3CCNCC3)c(N)c2C(N)=O)cc1. The summed E-state index contributed by atoms with van der Waals surface area (Å²) in [7, 11) is 0. The quantitative estimate of drug-likeness (QED) is 0.458. The highest BCUT2D eigenvalue weighted by atomic mass is 19.1. The highest BCUT2D eigenvalue weighted by Crippen LogP contribution is 2.32. The molecule has 1 fully saturated rings. The number of carbonyl (C=O) groups excluding carboxylic acids is 2. The molecule has 2 amide bonds. The first kappa shape index (κ1) is 22.5. The molecule has 33 heavy (non-hydrogen) atoms. The number of nitrogens with two attached hydrogens (primary N) is 2. The molecule has 3 aromatic rings. The van der Waals surface area contributed by atoms with Crippen LogP contribution in [0.1, 0.15) is 56.4 Å². The van der Waals surface area contributed by atoms with Crippen molar-refractivity contribution >= 4 is 17.5 Å². The molecule has 4 rings (SSSR count). The van der Waals surface area contributed by atoms with Crippen LogP contribution in [0.2, 0.25) is 0 Å². The maximum atomic E-state index is 13.5. The molecule has 9 heteroatoms. The Balaban J connectivity index is 1.52. The minimum absolute atomic E-state index is 0.172. The molecule has 0 bridgehead atoms. The largest absolute Gasteiger partial charge is 0.395 e. The summed E-state index contributed by atoms with van der Waals surface area (Å²) in [5, 5.41) is 10.8. The second kappa shape index (κ2) is 9.41. The normalized spacial score (nSPS) is 14.2. The summed E-state index contributed by atoms with van der Waals surface area (Å²) in [5.74, 6) is -1.27. The third-order valence-corrected chi connectivity index (χ3v) is 5.99. The summed E-state index contributed by atoms with van der Waals surface area (Å²) < 4.78 is 15.0. The molecule has 1 aliphatic heterocycles. The van der Waals surface area contributed by atoms with Crippen molar-refractivity contribution in [2.24, 2.45) is 5.73 Å². The number of nitrogens with zero attached hydrogens (tertiary/aromatic N) is 2. The summed E-state index contributed by atoms with van der Waals surface area (Å²) in [4.78, 5) is 24.6. The monoisotopic (exact) mass is 450 g/mol. The van der Waals surface area contributed by atoms with Gasteiger partial charge in [0.15, 0.2) is 5.69 Å². The molecule has 1 aliphatic rings. The molecule has 0 atom stereocenters. The number of carbonyl (C=O) groups is 2. The van der Waals surface area contributed by atoms with Crippen molar-refractivity contribution in [3.63, 3.8) is 0 Å². The predicted octanol–water partition coefficient (Wildman–Crippen LogP) is 2.40. The summed E-state index contributed by atoms with van der Waals surface area (Å²) in [6.45, 7) is 3.77. The van der Waals surface area contributed by atoms with Crippen LogP contribution in [-0.4, -0.2) is 34.7 Å². The van der Waals surface area contributed by atoms with E-state index in [4.69, 9.17) is 11.5 Å². The van der Waals surface area contributed by atoms with E-state index in [-0.39, 0.29) is 24.1 Å². The maximum absolute atomic E-state index is 13.5. The van der Waals surface area contributed by atoms with Crippen molar-refractivity contribution in [2.75, 3.05) is 18.8 Å². The van der Waals surface area contributed by atoms with Crippen molar-refractivity contribution in [2.45, 2.75) is 32.2 Å². The number of nitrogens with one attached hydrogen (secondary N) is 2. The molecule has 172 valence electrons. The van der Waals surface area contributed by atoms with Crippen LogP contribution in [-0.2, 0) is 6.54 Å². The van der Waals surface area contributed by atoms with Gasteiger partial charge in [-0.1, -0.05) is 18.2 Å². The number of halogens is 1. The van der Waals surface area contributed by atoms with Crippen LogP contribution in [0.4, 0.5) is 10.1 Å². The van der Waals surface area contributed by atoms with E-state index in [1.807, 2.05) is 12.1 Å². The Bertz CT molecular complexity index is 1180. The van der Waals surface area contributed by atoms with Crippen LogP contribution < -0.4 is 22.1 Å². The molecule has 2 heterocycles. The zero-order valence-corrected chi connectivity index (χ0v) is 18.4. The van der Waals surface area contributed by atoms with Gasteiger partial charge in [0.1, 0.15) is 5.82 Å². The molecule has 0 spiro atoms. The number of primary amides is 1. The van der Waals surface area contributed by atoms with Crippen LogP contribution >= 0.6 is 0 Å². The number of hydrogen-bond donors (Lipinski definition) is 4. The average Bonchev–Trinajstić information content (AvgIpc) is 3.17. The highest BCUT2D eigenvalue weighted by Gasteiger charge is 2.27. The Hall–Kier alpha value is -3.72. The lowest BCUT2D eigenvalue weighted by Gasteiger charge is -2.21. The Morgan fingerprint density at radius 1 is 1.18 bits per heavy atom. The van der Waals surface area contributed by atoms with Gasteiger partial charge in [-0.25, -0.2) is 9.07 Å². The first-order valence-corrected chi connectivity index (χ1v) is 10.9. The van der Waals surface area contributed by atoms with Crippen LogP contribution in [0.25, 0.3) is 5.69 Å². The Morgan fingerprint density at radius 2 is 1.88 bits per heavy atom. The van der Waals surface area contributed by atoms with Gasteiger partial charge in [0.25, 0.3) is 11.8 Å². The third-order valence-electron chi connectivity index (χ3n) is 5.99. The van der Waals surface area contributed by atoms with E-state index >= 15 is 0 Å². The van der Waals surface area contributed by atoms with Crippen molar-refractivity contribution in [1.29, 1.82) is 0 Å². The second-order valence-corrected chi connectivity index (χ2v) is 8.26. The van der Waals surface area contributed by atoms with E-state index in [1.54, 1.807) is 25.1 Å². The van der Waals surface area contributed by atoms with E-state index in [9.17, 15) is 14.0 Å². The van der Waals surface area contributed by atoms with Crippen molar-refractivity contribution in [1.82, 2.24) is 20.4 Å². The molecule has 0 radical (unpaired) electrons. The molecule has 8 nitrogen and oxygen atoms in total. The fraction of sp³-hybridized carbons (Fsp3) is 0.292. The fourth-order valence-electron chi connectivity index (χ4n) is 4.14. The molecule has 1 saturated heterocycles. The number of aromatic nitrogens is 2. The summed E-state index contributed by atoms with van der Waals surface area (Å²) in [6, 6.07) is 11.3. The number of aryl methyl sites for hydroxylation is 1. The predicted molar refractivity (Wildman–Crippen MR) is 124 cm³/mol. The summed E-state index contributed by atoms with van der Waals surface area (Å²) in [6.07, 6.45) is 1.78. The lowest BCUT2D eigenvalue weighted by molar-refractivity contribution is 0.0948. The standard InChI is InChI=1S/C24H27FN6O2/c1-14-2-5-17(25)12-19(14)24(33)29-13-15-3-6-18(7-4-15)31-22(23(27)32)20(26)21(30-31)16-8-10-28-11-9-16/h2-7,12,16,28H,8-11,13,26H2,1H3,(H2,27,32)(H,29,33). The number of rotatable bonds is 6. The molecule has 2 aromatic carbocycles. The molecular formula is C24H27FN6O2. The number of piperidine rings is 1. The maximum Gasteiger partial charge on any atom is 0.269 e. The molecule has 6 N–H and O–H groups in total. The van der Waals surface area contributed by atoms with E-state index in [2.05, 4.69) is 15.7 Å². The number of anilines is 1. The molecule has 1 aromatic heterocycles. The van der Waals surface area contributed by atoms with E-state index in [0.717, 1.165) is 31.5 Å². The molecule has 0 aliphatic carbocycles. The lowest BCUT2D eigenvalue weighted by atomic mass is 9.93. The molecular weight excluding hydrogens is 423 g/mol. The van der Waals surface area contributed by atoms with Gasteiger partial charge in [-0.3, -0.25) is 9.59 Å². The smallest absolute Gasteiger partial charge is 0.269 e. The first-order valence-electron chi connectivity index (χ1n) is 10.9. The van der Waals surface area contributed by atoms with Crippen molar-refractivity contribution < 1.29 is 14.0 Å². The number of nitrogen functional groups attached to an aromatic ring is 1. The zero-order valence-electron chi connectivity index (χ0n) is 18.4.